The minimum absolute atomic E-state index is 0.169. The van der Waals surface area contributed by atoms with Gasteiger partial charge in [0.15, 0.2) is 9.84 Å². The van der Waals surface area contributed by atoms with Crippen LogP contribution in [0, 0.1) is 6.92 Å². The van der Waals surface area contributed by atoms with Crippen molar-refractivity contribution in [1.82, 2.24) is 10.6 Å². The first-order valence-electron chi connectivity index (χ1n) is 10.3. The molecule has 1 heterocycles. The zero-order valence-electron chi connectivity index (χ0n) is 18.4. The van der Waals surface area contributed by atoms with Gasteiger partial charge in [-0.2, -0.15) is 0 Å². The summed E-state index contributed by atoms with van der Waals surface area (Å²) in [6, 6.07) is 17.4. The minimum atomic E-state index is -3.77. The molecule has 3 rings (SSSR count). The molecular weight excluding hydrogens is 460 g/mol. The van der Waals surface area contributed by atoms with Crippen LogP contribution in [0.15, 0.2) is 70.9 Å². The predicted octanol–water partition coefficient (Wildman–Crippen LogP) is 3.06. The quantitative estimate of drug-likeness (QED) is 0.453. The van der Waals surface area contributed by atoms with Gasteiger partial charge in [0, 0.05) is 18.0 Å². The third-order valence-electron chi connectivity index (χ3n) is 5.11. The van der Waals surface area contributed by atoms with Gasteiger partial charge in [-0.15, -0.1) is 11.3 Å². The molecule has 0 aliphatic rings. The number of methoxy groups -OCH3 is 1. The second-order valence-corrected chi connectivity index (χ2v) is 10.5. The normalized spacial score (nSPS) is 12.1. The first-order chi connectivity index (χ1) is 15.8. The van der Waals surface area contributed by atoms with E-state index in [0.717, 1.165) is 11.1 Å². The Labute approximate surface area is 197 Å². The van der Waals surface area contributed by atoms with Gasteiger partial charge >= 0.3 is 11.8 Å². The molecule has 0 bridgehead atoms. The summed E-state index contributed by atoms with van der Waals surface area (Å²) in [5.41, 5.74) is 1.85. The molecule has 0 aliphatic heterocycles. The number of hydrogen-bond donors (Lipinski definition) is 2. The Morgan fingerprint density at radius 1 is 0.970 bits per heavy atom. The standard InChI is InChI=1S/C24H26N2O5S2/c1-17-9-11-19(12-10-17)33(29,30)22(21-8-5-15-32-21)16-26-24(28)23(27)25-14-13-18-6-3-4-7-20(18)31-2/h3-12,15,22H,13-14,16H2,1-2H3,(H,25,27)(H,26,28)/t22-/m1/s1. The molecule has 2 amide bonds. The number of carbonyl (C=O) groups excluding carboxylic acids is 2. The van der Waals surface area contributed by atoms with Gasteiger partial charge in [0.05, 0.1) is 12.0 Å². The van der Waals surface area contributed by atoms with Crippen LogP contribution in [0.5, 0.6) is 5.75 Å². The first kappa shape index (κ1) is 24.5. The molecule has 0 radical (unpaired) electrons. The summed E-state index contributed by atoms with van der Waals surface area (Å²) in [5.74, 6) is -0.991. The Bertz CT molecular complexity index is 1190. The smallest absolute Gasteiger partial charge is 0.309 e. The van der Waals surface area contributed by atoms with E-state index in [1.165, 1.54) is 11.3 Å². The van der Waals surface area contributed by atoms with Crippen molar-refractivity contribution >= 4 is 33.0 Å². The zero-order valence-corrected chi connectivity index (χ0v) is 20.0. The lowest BCUT2D eigenvalue weighted by atomic mass is 10.1. The van der Waals surface area contributed by atoms with Crippen molar-refractivity contribution in [3.05, 3.63) is 82.0 Å². The van der Waals surface area contributed by atoms with Crippen LogP contribution in [0.2, 0.25) is 0 Å². The van der Waals surface area contributed by atoms with E-state index >= 15 is 0 Å². The fourth-order valence-electron chi connectivity index (χ4n) is 3.30. The molecule has 9 heteroatoms. The van der Waals surface area contributed by atoms with Gasteiger partial charge in [0.2, 0.25) is 0 Å². The summed E-state index contributed by atoms with van der Waals surface area (Å²) in [6.07, 6.45) is 0.489. The number of thiophene rings is 1. The van der Waals surface area contributed by atoms with E-state index in [0.29, 0.717) is 17.0 Å². The molecule has 2 aromatic carbocycles. The van der Waals surface area contributed by atoms with Gasteiger partial charge in [0.25, 0.3) is 0 Å². The average Bonchev–Trinajstić information content (AvgIpc) is 3.34. The monoisotopic (exact) mass is 486 g/mol. The van der Waals surface area contributed by atoms with Crippen molar-refractivity contribution in [2.75, 3.05) is 20.2 Å². The lowest BCUT2D eigenvalue weighted by Crippen LogP contribution is -2.42. The lowest BCUT2D eigenvalue weighted by molar-refractivity contribution is -0.139. The topological polar surface area (TPSA) is 102 Å². The van der Waals surface area contributed by atoms with Crippen molar-refractivity contribution in [3.8, 4) is 5.75 Å². The SMILES string of the molecule is COc1ccccc1CCNC(=O)C(=O)NC[C@H](c1cccs1)S(=O)(=O)c1ccc(C)cc1. The van der Waals surface area contributed by atoms with Crippen LogP contribution in [0.3, 0.4) is 0 Å². The Kier molecular flexibility index (Phi) is 8.24. The highest BCUT2D eigenvalue weighted by Gasteiger charge is 2.31. The van der Waals surface area contributed by atoms with Gasteiger partial charge in [-0.3, -0.25) is 9.59 Å². The molecule has 0 spiro atoms. The molecule has 174 valence electrons. The summed E-state index contributed by atoms with van der Waals surface area (Å²) < 4.78 is 31.8. The summed E-state index contributed by atoms with van der Waals surface area (Å²) in [4.78, 5) is 25.4. The fourth-order valence-corrected chi connectivity index (χ4v) is 6.08. The predicted molar refractivity (Wildman–Crippen MR) is 128 cm³/mol. The lowest BCUT2D eigenvalue weighted by Gasteiger charge is -2.17. The second kappa shape index (κ2) is 11.1. The molecule has 3 aromatic rings. The van der Waals surface area contributed by atoms with E-state index in [1.807, 2.05) is 31.2 Å². The van der Waals surface area contributed by atoms with Crippen molar-refractivity contribution in [1.29, 1.82) is 0 Å². The van der Waals surface area contributed by atoms with E-state index in [-0.39, 0.29) is 18.0 Å². The van der Waals surface area contributed by atoms with Gasteiger partial charge in [-0.25, -0.2) is 8.42 Å². The highest BCUT2D eigenvalue weighted by molar-refractivity contribution is 7.91. The average molecular weight is 487 g/mol. The summed E-state index contributed by atoms with van der Waals surface area (Å²) in [7, 11) is -2.20. The number of para-hydroxylation sites is 1. The molecule has 0 saturated carbocycles. The van der Waals surface area contributed by atoms with Crippen LogP contribution in [-0.2, 0) is 25.8 Å². The molecule has 0 fully saturated rings. The highest BCUT2D eigenvalue weighted by Crippen LogP contribution is 2.31. The third kappa shape index (κ3) is 6.21. The molecule has 1 atom stereocenters. The van der Waals surface area contributed by atoms with Gasteiger partial charge in [-0.05, 0) is 48.6 Å². The van der Waals surface area contributed by atoms with E-state index in [4.69, 9.17) is 4.74 Å². The maximum atomic E-state index is 13.3. The van der Waals surface area contributed by atoms with Crippen LogP contribution >= 0.6 is 11.3 Å². The molecule has 0 saturated heterocycles. The van der Waals surface area contributed by atoms with E-state index in [1.54, 1.807) is 48.9 Å². The van der Waals surface area contributed by atoms with Gasteiger partial charge < -0.3 is 15.4 Å². The maximum absolute atomic E-state index is 13.3. The number of carbonyl (C=O) groups is 2. The van der Waals surface area contributed by atoms with Crippen LogP contribution in [0.1, 0.15) is 21.3 Å². The van der Waals surface area contributed by atoms with Crippen molar-refractivity contribution in [3.63, 3.8) is 0 Å². The van der Waals surface area contributed by atoms with E-state index in [9.17, 15) is 18.0 Å². The highest BCUT2D eigenvalue weighted by atomic mass is 32.2. The van der Waals surface area contributed by atoms with Crippen LogP contribution < -0.4 is 15.4 Å². The minimum Gasteiger partial charge on any atom is -0.496 e. The summed E-state index contributed by atoms with van der Waals surface area (Å²) >= 11 is 1.29. The molecule has 2 N–H and O–H groups in total. The number of ether oxygens (including phenoxy) is 1. The van der Waals surface area contributed by atoms with Crippen LogP contribution in [-0.4, -0.2) is 40.4 Å². The number of aryl methyl sites for hydroxylation is 1. The van der Waals surface area contributed by atoms with E-state index < -0.39 is 26.9 Å². The Hall–Kier alpha value is -3.17. The Balaban J connectivity index is 1.62. The van der Waals surface area contributed by atoms with Crippen molar-refractivity contribution in [2.45, 2.75) is 23.5 Å². The molecule has 33 heavy (non-hydrogen) atoms. The molecular formula is C24H26N2O5S2. The second-order valence-electron chi connectivity index (χ2n) is 7.39. The summed E-state index contributed by atoms with van der Waals surface area (Å²) in [6.45, 7) is 1.90. The Morgan fingerprint density at radius 2 is 1.67 bits per heavy atom. The number of sulfone groups is 1. The van der Waals surface area contributed by atoms with Gasteiger partial charge in [0.1, 0.15) is 11.0 Å². The first-order valence-corrected chi connectivity index (χ1v) is 12.8. The third-order valence-corrected chi connectivity index (χ3v) is 8.35. The number of amides is 2. The van der Waals surface area contributed by atoms with Crippen molar-refractivity contribution < 1.29 is 22.7 Å². The summed E-state index contributed by atoms with van der Waals surface area (Å²) in [5, 5.41) is 5.83. The zero-order chi connectivity index (χ0) is 23.8. The molecule has 0 aliphatic carbocycles. The number of nitrogens with one attached hydrogen (secondary N) is 2. The number of hydrogen-bond acceptors (Lipinski definition) is 6. The molecule has 1 aromatic heterocycles. The Morgan fingerprint density at radius 3 is 2.33 bits per heavy atom. The van der Waals surface area contributed by atoms with Gasteiger partial charge in [-0.1, -0.05) is 42.0 Å². The number of rotatable bonds is 9. The maximum Gasteiger partial charge on any atom is 0.309 e. The van der Waals surface area contributed by atoms with Crippen molar-refractivity contribution in [2.24, 2.45) is 0 Å². The fraction of sp³-hybridized carbons (Fsp3) is 0.250. The number of benzene rings is 2. The van der Waals surface area contributed by atoms with E-state index in [2.05, 4.69) is 10.6 Å². The largest absolute Gasteiger partial charge is 0.496 e. The molecule has 7 nitrogen and oxygen atoms in total. The van der Waals surface area contributed by atoms with Crippen LogP contribution in [0.4, 0.5) is 0 Å². The molecule has 0 unspecified atom stereocenters. The van der Waals surface area contributed by atoms with Crippen LogP contribution in [0.25, 0.3) is 0 Å².